The highest BCUT2D eigenvalue weighted by molar-refractivity contribution is 5.97. The van der Waals surface area contributed by atoms with Gasteiger partial charge < -0.3 is 16.8 Å². The third-order valence-corrected chi connectivity index (χ3v) is 3.24. The van der Waals surface area contributed by atoms with Crippen LogP contribution < -0.4 is 16.8 Å². The second-order valence-corrected chi connectivity index (χ2v) is 5.36. The molecule has 0 heterocycles. The SMILES string of the molecule is CC(N)CCCC(C)C(=O)Nc1ccc(F)c(C(N)=O)c1. The quantitative estimate of drug-likeness (QED) is 0.717. The molecule has 0 saturated heterocycles. The van der Waals surface area contributed by atoms with Crippen LogP contribution in [0.4, 0.5) is 10.1 Å². The molecule has 21 heavy (non-hydrogen) atoms. The summed E-state index contributed by atoms with van der Waals surface area (Å²) < 4.78 is 13.3. The Hall–Kier alpha value is -1.95. The van der Waals surface area contributed by atoms with Gasteiger partial charge in [-0.2, -0.15) is 0 Å². The van der Waals surface area contributed by atoms with E-state index >= 15 is 0 Å². The zero-order valence-corrected chi connectivity index (χ0v) is 12.4. The zero-order chi connectivity index (χ0) is 16.0. The van der Waals surface area contributed by atoms with Gasteiger partial charge in [0.1, 0.15) is 5.82 Å². The summed E-state index contributed by atoms with van der Waals surface area (Å²) in [6.07, 6.45) is 2.44. The van der Waals surface area contributed by atoms with Crippen LogP contribution in [0.3, 0.4) is 0 Å². The molecule has 2 atom stereocenters. The van der Waals surface area contributed by atoms with Gasteiger partial charge in [-0.15, -0.1) is 0 Å². The number of nitrogens with one attached hydrogen (secondary N) is 1. The van der Waals surface area contributed by atoms with Crippen molar-refractivity contribution >= 4 is 17.5 Å². The van der Waals surface area contributed by atoms with Crippen LogP contribution in [0.5, 0.6) is 0 Å². The van der Waals surface area contributed by atoms with Gasteiger partial charge in [0.05, 0.1) is 5.56 Å². The molecule has 1 rings (SSSR count). The molecule has 2 unspecified atom stereocenters. The Labute approximate surface area is 123 Å². The van der Waals surface area contributed by atoms with Crippen molar-refractivity contribution in [2.24, 2.45) is 17.4 Å². The Morgan fingerprint density at radius 3 is 2.52 bits per heavy atom. The molecule has 0 bridgehead atoms. The molecular weight excluding hydrogens is 273 g/mol. The molecule has 1 aromatic carbocycles. The number of nitrogens with two attached hydrogens (primary N) is 2. The van der Waals surface area contributed by atoms with Crippen molar-refractivity contribution in [1.29, 1.82) is 0 Å². The number of amides is 2. The Balaban J connectivity index is 2.62. The van der Waals surface area contributed by atoms with Gasteiger partial charge in [0.2, 0.25) is 5.91 Å². The lowest BCUT2D eigenvalue weighted by atomic mass is 10.0. The first-order valence-corrected chi connectivity index (χ1v) is 6.97. The molecule has 116 valence electrons. The number of rotatable bonds is 7. The van der Waals surface area contributed by atoms with Crippen molar-refractivity contribution in [3.8, 4) is 0 Å². The maximum Gasteiger partial charge on any atom is 0.251 e. The molecule has 0 fully saturated rings. The van der Waals surface area contributed by atoms with Crippen molar-refractivity contribution < 1.29 is 14.0 Å². The molecule has 5 N–H and O–H groups in total. The number of carbonyl (C=O) groups excluding carboxylic acids is 2. The van der Waals surface area contributed by atoms with Gasteiger partial charge in [-0.25, -0.2) is 4.39 Å². The number of benzene rings is 1. The molecular formula is C15H22FN3O2. The number of hydrogen-bond acceptors (Lipinski definition) is 3. The van der Waals surface area contributed by atoms with E-state index in [9.17, 15) is 14.0 Å². The minimum Gasteiger partial charge on any atom is -0.366 e. The lowest BCUT2D eigenvalue weighted by Gasteiger charge is -2.13. The molecule has 0 spiro atoms. The van der Waals surface area contributed by atoms with Crippen molar-refractivity contribution in [2.45, 2.75) is 39.2 Å². The standard InChI is InChI=1S/C15H22FN3O2/c1-9(4-3-5-10(2)17)15(21)19-11-6-7-13(16)12(8-11)14(18)20/h6-10H,3-5,17H2,1-2H3,(H2,18,20)(H,19,21). The highest BCUT2D eigenvalue weighted by Gasteiger charge is 2.15. The highest BCUT2D eigenvalue weighted by Crippen LogP contribution is 2.17. The summed E-state index contributed by atoms with van der Waals surface area (Å²) in [5.41, 5.74) is 10.8. The van der Waals surface area contributed by atoms with Crippen LogP contribution in [-0.4, -0.2) is 17.9 Å². The molecule has 2 amide bonds. The molecule has 0 radical (unpaired) electrons. The van der Waals surface area contributed by atoms with E-state index in [1.165, 1.54) is 12.1 Å². The Morgan fingerprint density at radius 2 is 1.95 bits per heavy atom. The summed E-state index contributed by atoms with van der Waals surface area (Å²) in [7, 11) is 0. The molecule has 0 aliphatic rings. The minimum absolute atomic E-state index is 0.121. The van der Waals surface area contributed by atoms with Crippen LogP contribution >= 0.6 is 0 Å². The predicted octanol–water partition coefficient (Wildman–Crippen LogP) is 2.02. The van der Waals surface area contributed by atoms with Crippen molar-refractivity contribution in [3.63, 3.8) is 0 Å². The zero-order valence-electron chi connectivity index (χ0n) is 12.4. The van der Waals surface area contributed by atoms with Crippen LogP contribution in [0.2, 0.25) is 0 Å². The number of halogens is 1. The summed E-state index contributed by atoms with van der Waals surface area (Å²) in [5, 5.41) is 2.66. The van der Waals surface area contributed by atoms with Crippen LogP contribution in [0, 0.1) is 11.7 Å². The Bertz CT molecular complexity index is 518. The third-order valence-electron chi connectivity index (χ3n) is 3.24. The highest BCUT2D eigenvalue weighted by atomic mass is 19.1. The van der Waals surface area contributed by atoms with E-state index in [-0.39, 0.29) is 23.4 Å². The van der Waals surface area contributed by atoms with Gasteiger partial charge in [0, 0.05) is 17.6 Å². The van der Waals surface area contributed by atoms with E-state index in [1.54, 1.807) is 0 Å². The van der Waals surface area contributed by atoms with Gasteiger partial charge in [-0.1, -0.05) is 13.3 Å². The topological polar surface area (TPSA) is 98.2 Å². The maximum atomic E-state index is 13.3. The summed E-state index contributed by atoms with van der Waals surface area (Å²) in [6.45, 7) is 3.74. The normalized spacial score (nSPS) is 13.5. The largest absolute Gasteiger partial charge is 0.366 e. The summed E-state index contributed by atoms with van der Waals surface area (Å²) in [6, 6.07) is 3.87. The first-order valence-electron chi connectivity index (χ1n) is 6.97. The first kappa shape index (κ1) is 17.1. The van der Waals surface area contributed by atoms with Crippen LogP contribution in [-0.2, 0) is 4.79 Å². The van der Waals surface area contributed by atoms with Gasteiger partial charge in [-0.05, 0) is 38.0 Å². The molecule has 0 aliphatic carbocycles. The maximum absolute atomic E-state index is 13.3. The molecule has 0 aromatic heterocycles. The summed E-state index contributed by atoms with van der Waals surface area (Å²) >= 11 is 0. The van der Waals surface area contributed by atoms with E-state index in [0.29, 0.717) is 5.69 Å². The van der Waals surface area contributed by atoms with E-state index in [4.69, 9.17) is 11.5 Å². The molecule has 1 aromatic rings. The first-order chi connectivity index (χ1) is 9.81. The summed E-state index contributed by atoms with van der Waals surface area (Å²) in [5.74, 6) is -1.94. The number of carbonyl (C=O) groups is 2. The number of anilines is 1. The second kappa shape index (κ2) is 7.73. The second-order valence-electron chi connectivity index (χ2n) is 5.36. The molecule has 5 nitrogen and oxygen atoms in total. The van der Waals surface area contributed by atoms with Crippen molar-refractivity contribution in [3.05, 3.63) is 29.6 Å². The van der Waals surface area contributed by atoms with Crippen LogP contribution in [0.25, 0.3) is 0 Å². The lowest BCUT2D eigenvalue weighted by Crippen LogP contribution is -2.22. The smallest absolute Gasteiger partial charge is 0.251 e. The fourth-order valence-corrected chi connectivity index (χ4v) is 1.93. The molecule has 6 heteroatoms. The fourth-order valence-electron chi connectivity index (χ4n) is 1.93. The monoisotopic (exact) mass is 295 g/mol. The van der Waals surface area contributed by atoms with Crippen molar-refractivity contribution in [2.75, 3.05) is 5.32 Å². The molecule has 0 aliphatic heterocycles. The van der Waals surface area contributed by atoms with Gasteiger partial charge >= 0.3 is 0 Å². The molecule has 0 saturated carbocycles. The van der Waals surface area contributed by atoms with E-state index in [0.717, 1.165) is 25.3 Å². The average Bonchev–Trinajstić information content (AvgIpc) is 2.40. The van der Waals surface area contributed by atoms with Gasteiger partial charge in [0.15, 0.2) is 0 Å². The predicted molar refractivity (Wildman–Crippen MR) is 80.2 cm³/mol. The van der Waals surface area contributed by atoms with E-state index in [1.807, 2.05) is 13.8 Å². The third kappa shape index (κ3) is 5.51. The van der Waals surface area contributed by atoms with Crippen LogP contribution in [0.15, 0.2) is 18.2 Å². The Kier molecular flexibility index (Phi) is 6.30. The lowest BCUT2D eigenvalue weighted by molar-refractivity contribution is -0.119. The van der Waals surface area contributed by atoms with Gasteiger partial charge in [0.25, 0.3) is 5.91 Å². The Morgan fingerprint density at radius 1 is 1.29 bits per heavy atom. The number of primary amides is 1. The fraction of sp³-hybridized carbons (Fsp3) is 0.467. The minimum atomic E-state index is -0.867. The number of hydrogen-bond donors (Lipinski definition) is 3. The van der Waals surface area contributed by atoms with Crippen LogP contribution in [0.1, 0.15) is 43.5 Å². The van der Waals surface area contributed by atoms with Crippen molar-refractivity contribution in [1.82, 2.24) is 0 Å². The van der Waals surface area contributed by atoms with Gasteiger partial charge in [-0.3, -0.25) is 9.59 Å². The van der Waals surface area contributed by atoms with E-state index < -0.39 is 11.7 Å². The average molecular weight is 295 g/mol. The van der Waals surface area contributed by atoms with E-state index in [2.05, 4.69) is 5.32 Å². The summed E-state index contributed by atoms with van der Waals surface area (Å²) in [4.78, 5) is 23.1.